The summed E-state index contributed by atoms with van der Waals surface area (Å²) in [6.45, 7) is 1.81. The predicted molar refractivity (Wildman–Crippen MR) is 118 cm³/mol. The van der Waals surface area contributed by atoms with Crippen LogP contribution in [0.2, 0.25) is 10.2 Å². The maximum atomic E-state index is 14.2. The predicted octanol–water partition coefficient (Wildman–Crippen LogP) is 4.47. The fourth-order valence-electron chi connectivity index (χ4n) is 4.16. The number of likely N-dealkylation sites (tertiary alicyclic amines) is 1. The molecule has 0 bridgehead atoms. The highest BCUT2D eigenvalue weighted by atomic mass is 35.5. The number of hydrogen-bond acceptors (Lipinski definition) is 3. The summed E-state index contributed by atoms with van der Waals surface area (Å²) in [4.78, 5) is 31.6. The molecule has 31 heavy (non-hydrogen) atoms. The molecule has 3 aromatic heterocycles. The highest BCUT2D eigenvalue weighted by Gasteiger charge is 2.44. The van der Waals surface area contributed by atoms with E-state index in [0.717, 1.165) is 18.4 Å². The normalized spacial score (nSPS) is 17.7. The van der Waals surface area contributed by atoms with Gasteiger partial charge in [-0.15, -0.1) is 0 Å². The lowest BCUT2D eigenvalue weighted by molar-refractivity contribution is -0.146. The number of carbonyl (C=O) groups is 1. The fraction of sp³-hybridized carbons (Fsp3) is 0.409. The number of hydrogen-bond donors (Lipinski definition) is 0. The van der Waals surface area contributed by atoms with E-state index in [1.807, 2.05) is 12.3 Å². The maximum absolute atomic E-state index is 14.2. The first-order valence-electron chi connectivity index (χ1n) is 10.3. The summed E-state index contributed by atoms with van der Waals surface area (Å²) >= 11 is 12.1. The van der Waals surface area contributed by atoms with Crippen LogP contribution in [0, 0.1) is 0 Å². The minimum Gasteiger partial charge on any atom is -0.344 e. The van der Waals surface area contributed by atoms with Crippen molar-refractivity contribution in [1.82, 2.24) is 19.0 Å². The van der Waals surface area contributed by atoms with Crippen molar-refractivity contribution in [2.45, 2.75) is 44.4 Å². The highest BCUT2D eigenvalue weighted by Crippen LogP contribution is 2.41. The lowest BCUT2D eigenvalue weighted by Gasteiger charge is -2.44. The Labute approximate surface area is 188 Å². The maximum Gasteiger partial charge on any atom is 0.261 e. The second-order valence-electron chi connectivity index (χ2n) is 8.44. The average molecular weight is 463 g/mol. The summed E-state index contributed by atoms with van der Waals surface area (Å²) in [6, 6.07) is 3.91. The summed E-state index contributed by atoms with van der Waals surface area (Å²) in [7, 11) is 0. The Bertz CT molecular complexity index is 1260. The van der Waals surface area contributed by atoms with Crippen LogP contribution < -0.4 is 5.56 Å². The Hall–Kier alpha value is -2.38. The Morgan fingerprint density at radius 1 is 1.32 bits per heavy atom. The average Bonchev–Trinajstić information content (AvgIpc) is 3.50. The Kier molecular flexibility index (Phi) is 4.86. The smallest absolute Gasteiger partial charge is 0.261 e. The summed E-state index contributed by atoms with van der Waals surface area (Å²) < 4.78 is 17.7. The highest BCUT2D eigenvalue weighted by molar-refractivity contribution is 6.41. The molecule has 0 unspecified atom stereocenters. The van der Waals surface area contributed by atoms with Crippen molar-refractivity contribution in [2.24, 2.45) is 0 Å². The molecule has 6 nitrogen and oxygen atoms in total. The largest absolute Gasteiger partial charge is 0.344 e. The standard InChI is InChI=1S/C22H21Cl2FN4O2/c1-2-22(25)11-28(12-22)18(30)10-27-6-5-17-19(21(27)31)15(9-29(17)14-3-4-14)13-7-16(23)20(24)26-8-13/h5-9,14H,2-4,10-12H2,1H3. The summed E-state index contributed by atoms with van der Waals surface area (Å²) in [5.41, 5.74) is 0.634. The first-order chi connectivity index (χ1) is 14.8. The number of alkyl halides is 1. The van der Waals surface area contributed by atoms with Crippen molar-refractivity contribution in [3.8, 4) is 11.1 Å². The van der Waals surface area contributed by atoms with Gasteiger partial charge in [0.15, 0.2) is 0 Å². The second-order valence-corrected chi connectivity index (χ2v) is 9.21. The third-order valence-corrected chi connectivity index (χ3v) is 6.93. The zero-order valence-electron chi connectivity index (χ0n) is 16.9. The molecular weight excluding hydrogens is 442 g/mol. The fourth-order valence-corrected chi connectivity index (χ4v) is 4.43. The molecule has 1 aliphatic carbocycles. The van der Waals surface area contributed by atoms with Gasteiger partial charge < -0.3 is 14.0 Å². The zero-order chi connectivity index (χ0) is 21.9. The number of rotatable bonds is 5. The lowest BCUT2D eigenvalue weighted by atomic mass is 9.93. The van der Waals surface area contributed by atoms with E-state index in [4.69, 9.17) is 23.2 Å². The van der Waals surface area contributed by atoms with Crippen molar-refractivity contribution in [3.05, 3.63) is 51.3 Å². The number of fused-ring (bicyclic) bond motifs is 1. The zero-order valence-corrected chi connectivity index (χ0v) is 18.5. The molecule has 1 amide bonds. The van der Waals surface area contributed by atoms with Crippen LogP contribution in [-0.4, -0.2) is 43.7 Å². The SMILES string of the molecule is CCC1(F)CN(C(=O)Cn2ccc3c(c(-c4cnc(Cl)c(Cl)c4)cn3C3CC3)c2=O)C1. The molecule has 0 radical (unpaired) electrons. The molecule has 0 N–H and O–H groups in total. The van der Waals surface area contributed by atoms with Crippen LogP contribution in [0.4, 0.5) is 4.39 Å². The van der Waals surface area contributed by atoms with E-state index in [1.165, 1.54) is 9.47 Å². The number of amides is 1. The summed E-state index contributed by atoms with van der Waals surface area (Å²) in [5, 5.41) is 1.02. The van der Waals surface area contributed by atoms with Gasteiger partial charge in [-0.05, 0) is 31.4 Å². The van der Waals surface area contributed by atoms with E-state index in [9.17, 15) is 14.0 Å². The third-order valence-electron chi connectivity index (χ3n) is 6.25. The molecule has 0 aromatic carbocycles. The van der Waals surface area contributed by atoms with Gasteiger partial charge in [0.25, 0.3) is 5.56 Å². The molecule has 1 aliphatic heterocycles. The first-order valence-corrected chi connectivity index (χ1v) is 11.1. The van der Waals surface area contributed by atoms with E-state index >= 15 is 0 Å². The molecule has 3 aromatic rings. The molecule has 4 heterocycles. The molecule has 0 spiro atoms. The quantitative estimate of drug-likeness (QED) is 0.525. The second kappa shape index (κ2) is 7.35. The molecule has 1 saturated heterocycles. The van der Waals surface area contributed by atoms with E-state index in [-0.39, 0.29) is 36.3 Å². The minimum absolute atomic E-state index is 0.0809. The van der Waals surface area contributed by atoms with Crippen molar-refractivity contribution in [3.63, 3.8) is 0 Å². The van der Waals surface area contributed by atoms with Gasteiger partial charge in [-0.3, -0.25) is 9.59 Å². The van der Waals surface area contributed by atoms with E-state index in [0.29, 0.717) is 34.0 Å². The number of carbonyl (C=O) groups excluding carboxylic acids is 1. The van der Waals surface area contributed by atoms with Gasteiger partial charge >= 0.3 is 0 Å². The lowest BCUT2D eigenvalue weighted by Crippen LogP contribution is -2.61. The van der Waals surface area contributed by atoms with Crippen molar-refractivity contribution < 1.29 is 9.18 Å². The third kappa shape index (κ3) is 3.53. The molecule has 2 aliphatic rings. The van der Waals surface area contributed by atoms with Crippen LogP contribution in [0.25, 0.3) is 22.0 Å². The van der Waals surface area contributed by atoms with Crippen LogP contribution in [0.1, 0.15) is 32.2 Å². The van der Waals surface area contributed by atoms with E-state index < -0.39 is 5.67 Å². The van der Waals surface area contributed by atoms with Gasteiger partial charge in [0.05, 0.1) is 29.0 Å². The van der Waals surface area contributed by atoms with Crippen LogP contribution in [0.3, 0.4) is 0 Å². The van der Waals surface area contributed by atoms with Gasteiger partial charge in [-0.25, -0.2) is 9.37 Å². The Balaban J connectivity index is 1.55. The number of aromatic nitrogens is 3. The monoisotopic (exact) mass is 462 g/mol. The molecule has 5 rings (SSSR count). The van der Waals surface area contributed by atoms with Crippen LogP contribution in [0.15, 0.2) is 35.5 Å². The molecule has 162 valence electrons. The van der Waals surface area contributed by atoms with Crippen LogP contribution in [-0.2, 0) is 11.3 Å². The van der Waals surface area contributed by atoms with Crippen LogP contribution in [0.5, 0.6) is 0 Å². The topological polar surface area (TPSA) is 60.1 Å². The van der Waals surface area contributed by atoms with Crippen molar-refractivity contribution in [2.75, 3.05) is 13.1 Å². The van der Waals surface area contributed by atoms with Gasteiger partial charge in [0, 0.05) is 35.8 Å². The number of pyridine rings is 2. The molecule has 9 heteroatoms. The summed E-state index contributed by atoms with van der Waals surface area (Å²) in [6.07, 6.45) is 7.67. The number of nitrogens with zero attached hydrogens (tertiary/aromatic N) is 4. The molecular formula is C22H21Cl2FN4O2. The first kappa shape index (κ1) is 20.5. The Morgan fingerprint density at radius 2 is 2.06 bits per heavy atom. The Morgan fingerprint density at radius 3 is 2.71 bits per heavy atom. The molecule has 2 fully saturated rings. The van der Waals surface area contributed by atoms with Gasteiger partial charge in [0.1, 0.15) is 17.4 Å². The van der Waals surface area contributed by atoms with Gasteiger partial charge in [-0.2, -0.15) is 0 Å². The molecule has 1 saturated carbocycles. The minimum atomic E-state index is -1.31. The molecule has 0 atom stereocenters. The van der Waals surface area contributed by atoms with Crippen molar-refractivity contribution in [1.29, 1.82) is 0 Å². The van der Waals surface area contributed by atoms with Gasteiger partial charge in [0.2, 0.25) is 5.91 Å². The van der Waals surface area contributed by atoms with Gasteiger partial charge in [-0.1, -0.05) is 30.1 Å². The number of halogens is 3. The van der Waals surface area contributed by atoms with Crippen molar-refractivity contribution >= 4 is 40.0 Å². The summed E-state index contributed by atoms with van der Waals surface area (Å²) in [5.74, 6) is -0.262. The van der Waals surface area contributed by atoms with Crippen LogP contribution >= 0.6 is 23.2 Å². The van der Waals surface area contributed by atoms with E-state index in [1.54, 1.807) is 25.4 Å². The van der Waals surface area contributed by atoms with E-state index in [2.05, 4.69) is 9.55 Å².